The second-order valence-corrected chi connectivity index (χ2v) is 8.91. The van der Waals surface area contributed by atoms with Gasteiger partial charge in [-0.3, -0.25) is 0 Å². The number of hydrogen-bond donors (Lipinski definition) is 1. The van der Waals surface area contributed by atoms with Crippen molar-refractivity contribution in [2.45, 2.75) is 29.8 Å². The number of hydrogen-bond acceptors (Lipinski definition) is 7. The van der Waals surface area contributed by atoms with E-state index in [1.807, 2.05) is 37.3 Å². The molecule has 0 aliphatic carbocycles. The van der Waals surface area contributed by atoms with Crippen molar-refractivity contribution >= 4 is 32.2 Å². The Morgan fingerprint density at radius 2 is 1.84 bits per heavy atom. The summed E-state index contributed by atoms with van der Waals surface area (Å²) in [5, 5.41) is 12.0. The molecule has 31 heavy (non-hydrogen) atoms. The van der Waals surface area contributed by atoms with Crippen molar-refractivity contribution in [2.24, 2.45) is 0 Å². The quantitative estimate of drug-likeness (QED) is 0.433. The Kier molecular flexibility index (Phi) is 4.67. The lowest BCUT2D eigenvalue weighted by atomic mass is 10.2. The Bertz CT molecular complexity index is 1470. The molecule has 156 valence electrons. The Hall–Kier alpha value is -3.72. The van der Waals surface area contributed by atoms with E-state index in [1.165, 1.54) is 4.52 Å². The normalized spacial score (nSPS) is 11.9. The number of benzene rings is 2. The van der Waals surface area contributed by atoms with Crippen LogP contribution in [0.4, 0.5) is 5.82 Å². The lowest BCUT2D eigenvalue weighted by Gasteiger charge is -2.09. The van der Waals surface area contributed by atoms with Crippen LogP contribution in [0.3, 0.4) is 0 Å². The molecule has 0 spiro atoms. The maximum atomic E-state index is 13.3. The molecule has 0 fully saturated rings. The summed E-state index contributed by atoms with van der Waals surface area (Å²) in [5.41, 5.74) is 1.92. The van der Waals surface area contributed by atoms with Crippen LogP contribution in [0.15, 0.2) is 81.3 Å². The molecule has 0 saturated heterocycles. The summed E-state index contributed by atoms with van der Waals surface area (Å²) in [7, 11) is -3.89. The smallest absolute Gasteiger partial charge is 0.229 e. The average Bonchev–Trinajstić information content (AvgIpc) is 3.47. The molecule has 3 aromatic heterocycles. The minimum absolute atomic E-state index is 0.159. The van der Waals surface area contributed by atoms with Crippen molar-refractivity contribution < 1.29 is 12.8 Å². The highest BCUT2D eigenvalue weighted by Gasteiger charge is 2.27. The Labute approximate surface area is 178 Å². The predicted molar refractivity (Wildman–Crippen MR) is 116 cm³/mol. The van der Waals surface area contributed by atoms with Gasteiger partial charge in [-0.05, 0) is 48.4 Å². The zero-order valence-electron chi connectivity index (χ0n) is 16.7. The molecule has 8 nitrogen and oxygen atoms in total. The Balaban J connectivity index is 1.66. The van der Waals surface area contributed by atoms with Crippen molar-refractivity contribution in [1.29, 1.82) is 0 Å². The van der Waals surface area contributed by atoms with E-state index in [1.54, 1.807) is 36.6 Å². The Morgan fingerprint density at radius 3 is 2.58 bits per heavy atom. The van der Waals surface area contributed by atoms with Crippen LogP contribution in [0.1, 0.15) is 18.2 Å². The number of sulfone groups is 1. The van der Waals surface area contributed by atoms with Gasteiger partial charge in [0.15, 0.2) is 5.65 Å². The first kappa shape index (κ1) is 19.3. The molecule has 3 heterocycles. The molecule has 0 bridgehead atoms. The second kappa shape index (κ2) is 7.51. The van der Waals surface area contributed by atoms with Gasteiger partial charge in [0.25, 0.3) is 0 Å². The fraction of sp³-hybridized carbons (Fsp3) is 0.136. The largest absolute Gasteiger partial charge is 0.467 e. The molecule has 0 aliphatic rings. The summed E-state index contributed by atoms with van der Waals surface area (Å²) in [5.74, 6) is 1.26. The van der Waals surface area contributed by atoms with Gasteiger partial charge in [0.05, 0.1) is 23.2 Å². The monoisotopic (exact) mass is 433 g/mol. The molecular weight excluding hydrogens is 414 g/mol. The van der Waals surface area contributed by atoms with Gasteiger partial charge < -0.3 is 9.73 Å². The number of para-hydroxylation sites is 1. The molecule has 0 atom stereocenters. The molecule has 0 aliphatic heterocycles. The van der Waals surface area contributed by atoms with Crippen molar-refractivity contribution in [2.75, 3.05) is 5.32 Å². The summed E-state index contributed by atoms with van der Waals surface area (Å²) in [6.45, 7) is 2.42. The van der Waals surface area contributed by atoms with E-state index in [9.17, 15) is 8.42 Å². The molecule has 0 saturated carbocycles. The number of fused-ring (bicyclic) bond motifs is 3. The topological polar surface area (TPSA) is 102 Å². The van der Waals surface area contributed by atoms with Crippen LogP contribution in [0.2, 0.25) is 0 Å². The predicted octanol–water partition coefficient (Wildman–Crippen LogP) is 3.88. The van der Waals surface area contributed by atoms with E-state index in [0.29, 0.717) is 17.9 Å². The number of rotatable bonds is 6. The van der Waals surface area contributed by atoms with E-state index >= 15 is 0 Å². The van der Waals surface area contributed by atoms with Crippen molar-refractivity contribution in [3.05, 3.63) is 78.3 Å². The van der Waals surface area contributed by atoms with Crippen LogP contribution in [0, 0.1) is 0 Å². The number of aromatic nitrogens is 4. The molecule has 0 radical (unpaired) electrons. The van der Waals surface area contributed by atoms with Gasteiger partial charge in [-0.25, -0.2) is 13.4 Å². The highest BCUT2D eigenvalue weighted by molar-refractivity contribution is 7.91. The number of anilines is 1. The maximum Gasteiger partial charge on any atom is 0.229 e. The van der Waals surface area contributed by atoms with Gasteiger partial charge in [0.1, 0.15) is 11.6 Å². The third-order valence-corrected chi connectivity index (χ3v) is 6.79. The first-order valence-corrected chi connectivity index (χ1v) is 11.3. The zero-order valence-corrected chi connectivity index (χ0v) is 17.5. The minimum atomic E-state index is -3.89. The van der Waals surface area contributed by atoms with Crippen LogP contribution in [0.25, 0.3) is 16.6 Å². The fourth-order valence-electron chi connectivity index (χ4n) is 3.45. The van der Waals surface area contributed by atoms with Crippen molar-refractivity contribution in [3.63, 3.8) is 0 Å². The minimum Gasteiger partial charge on any atom is -0.467 e. The Morgan fingerprint density at radius 1 is 1.03 bits per heavy atom. The van der Waals surface area contributed by atoms with E-state index in [-0.39, 0.29) is 15.6 Å². The van der Waals surface area contributed by atoms with Crippen LogP contribution < -0.4 is 5.32 Å². The van der Waals surface area contributed by atoms with Gasteiger partial charge in [-0.15, -0.1) is 5.10 Å². The number of nitrogens with one attached hydrogen (secondary N) is 1. The highest BCUT2D eigenvalue weighted by atomic mass is 32.2. The lowest BCUT2D eigenvalue weighted by molar-refractivity contribution is 0.518. The fourth-order valence-corrected chi connectivity index (χ4v) is 4.69. The standard InChI is InChI=1S/C22H19N5O3S/c1-2-15-9-11-17(12-10-15)31(28,29)22-21-24-20(23-14-16-6-5-13-30-16)18-7-3-4-8-19(18)27(21)26-25-22/h3-13H,2,14H2,1H3,(H,23,24). The third-order valence-electron chi connectivity index (χ3n) is 5.13. The van der Waals surface area contributed by atoms with E-state index in [0.717, 1.165) is 23.1 Å². The van der Waals surface area contributed by atoms with Gasteiger partial charge in [-0.2, -0.15) is 4.52 Å². The molecule has 2 aromatic carbocycles. The molecule has 5 rings (SSSR count). The second-order valence-electron chi connectivity index (χ2n) is 7.04. The summed E-state index contributed by atoms with van der Waals surface area (Å²) in [6, 6.07) is 17.9. The van der Waals surface area contributed by atoms with Gasteiger partial charge in [-0.1, -0.05) is 36.4 Å². The zero-order chi connectivity index (χ0) is 21.4. The summed E-state index contributed by atoms with van der Waals surface area (Å²) < 4.78 is 33.5. The van der Waals surface area contributed by atoms with E-state index in [2.05, 4.69) is 20.6 Å². The number of aryl methyl sites for hydroxylation is 1. The first-order valence-electron chi connectivity index (χ1n) is 9.82. The van der Waals surface area contributed by atoms with Crippen LogP contribution in [-0.4, -0.2) is 28.2 Å². The number of furan rings is 1. The third kappa shape index (κ3) is 3.32. The SMILES string of the molecule is CCc1ccc(S(=O)(=O)c2nnn3c2nc(NCc2ccco2)c2ccccc23)cc1. The number of nitrogens with zero attached hydrogens (tertiary/aromatic N) is 4. The van der Waals surface area contributed by atoms with Crippen molar-refractivity contribution in [3.8, 4) is 0 Å². The summed E-state index contributed by atoms with van der Waals surface area (Å²) in [6.07, 6.45) is 2.43. The van der Waals surface area contributed by atoms with Gasteiger partial charge in [0, 0.05) is 5.39 Å². The molecular formula is C22H19N5O3S. The average molecular weight is 433 g/mol. The van der Waals surface area contributed by atoms with Crippen LogP contribution in [0.5, 0.6) is 0 Å². The van der Waals surface area contributed by atoms with Crippen LogP contribution >= 0.6 is 0 Å². The molecule has 9 heteroatoms. The molecule has 1 N–H and O–H groups in total. The van der Waals surface area contributed by atoms with Gasteiger partial charge in [0.2, 0.25) is 14.9 Å². The highest BCUT2D eigenvalue weighted by Crippen LogP contribution is 2.28. The molecule has 0 amide bonds. The van der Waals surface area contributed by atoms with Crippen LogP contribution in [-0.2, 0) is 22.8 Å². The summed E-state index contributed by atoms with van der Waals surface area (Å²) in [4.78, 5) is 4.75. The first-order chi connectivity index (χ1) is 15.1. The lowest BCUT2D eigenvalue weighted by Crippen LogP contribution is -2.07. The molecule has 5 aromatic rings. The molecule has 0 unspecified atom stereocenters. The van der Waals surface area contributed by atoms with Crippen molar-refractivity contribution in [1.82, 2.24) is 19.8 Å². The van der Waals surface area contributed by atoms with E-state index < -0.39 is 9.84 Å². The van der Waals surface area contributed by atoms with E-state index in [4.69, 9.17) is 4.42 Å². The maximum absolute atomic E-state index is 13.3. The summed E-state index contributed by atoms with van der Waals surface area (Å²) >= 11 is 0. The van der Waals surface area contributed by atoms with Gasteiger partial charge >= 0.3 is 0 Å².